The molecule has 0 aromatic rings. The number of hydrogen-bond donors (Lipinski definition) is 1. The second-order valence-corrected chi connectivity index (χ2v) is 7.02. The minimum atomic E-state index is -0.00185. The van der Waals surface area contributed by atoms with Gasteiger partial charge in [-0.3, -0.25) is 5.32 Å². The van der Waals surface area contributed by atoms with Crippen LogP contribution in [0.15, 0.2) is 0 Å². The Morgan fingerprint density at radius 3 is 1.94 bits per heavy atom. The summed E-state index contributed by atoms with van der Waals surface area (Å²) in [5.41, 5.74) is 0.528. The molecule has 0 aliphatic heterocycles. The Morgan fingerprint density at radius 2 is 1.53 bits per heavy atom. The smallest absolute Gasteiger partial charge is 0.0926 e. The van der Waals surface area contributed by atoms with E-state index in [0.717, 1.165) is 17.8 Å². The van der Waals surface area contributed by atoms with Gasteiger partial charge < -0.3 is 0 Å². The third-order valence-electron chi connectivity index (χ3n) is 5.70. The van der Waals surface area contributed by atoms with Gasteiger partial charge in [-0.05, 0) is 75.5 Å². The predicted octanol–water partition coefficient (Wildman–Crippen LogP) is 3.09. The van der Waals surface area contributed by atoms with Crippen LogP contribution in [0.1, 0.15) is 52.4 Å². The molecule has 17 heavy (non-hydrogen) atoms. The van der Waals surface area contributed by atoms with Crippen molar-refractivity contribution in [3.05, 3.63) is 0 Å². The molecule has 0 saturated heterocycles. The van der Waals surface area contributed by atoms with Crippen LogP contribution >= 0.6 is 0 Å². The van der Waals surface area contributed by atoms with Crippen LogP contribution in [0.3, 0.4) is 0 Å². The van der Waals surface area contributed by atoms with Gasteiger partial charge in [-0.2, -0.15) is 5.26 Å². The van der Waals surface area contributed by atoms with Crippen LogP contribution in [0, 0.1) is 34.5 Å². The SMILES string of the molecule is CC(C#N)NC(C)C12CC3CC(CC(C3)C1)C2. The molecule has 0 aromatic heterocycles. The maximum atomic E-state index is 8.95. The zero-order valence-corrected chi connectivity index (χ0v) is 11.1. The average Bonchev–Trinajstić information content (AvgIpc) is 2.26. The van der Waals surface area contributed by atoms with E-state index in [9.17, 15) is 0 Å². The Balaban J connectivity index is 1.75. The maximum Gasteiger partial charge on any atom is 0.0926 e. The van der Waals surface area contributed by atoms with Crippen LogP contribution in [0.4, 0.5) is 0 Å². The van der Waals surface area contributed by atoms with Crippen molar-refractivity contribution >= 4 is 0 Å². The number of rotatable bonds is 3. The Bertz CT molecular complexity index is 306. The third kappa shape index (κ3) is 1.89. The normalized spacial score (nSPS) is 46.5. The van der Waals surface area contributed by atoms with Crippen LogP contribution in [-0.4, -0.2) is 12.1 Å². The molecule has 4 aliphatic rings. The second kappa shape index (κ2) is 3.99. The average molecular weight is 232 g/mol. The fourth-order valence-corrected chi connectivity index (χ4v) is 5.30. The Morgan fingerprint density at radius 1 is 1.06 bits per heavy atom. The molecular formula is C15H24N2. The fourth-order valence-electron chi connectivity index (χ4n) is 5.30. The lowest BCUT2D eigenvalue weighted by Crippen LogP contribution is -2.56. The summed E-state index contributed by atoms with van der Waals surface area (Å²) >= 11 is 0. The molecule has 4 saturated carbocycles. The number of hydrogen-bond acceptors (Lipinski definition) is 2. The lowest BCUT2D eigenvalue weighted by Gasteiger charge is -2.59. The molecule has 2 atom stereocenters. The Labute approximate surface area is 105 Å². The van der Waals surface area contributed by atoms with E-state index in [-0.39, 0.29) is 6.04 Å². The first-order valence-corrected chi connectivity index (χ1v) is 7.27. The van der Waals surface area contributed by atoms with E-state index in [2.05, 4.69) is 18.3 Å². The summed E-state index contributed by atoms with van der Waals surface area (Å²) in [6.07, 6.45) is 8.77. The Kier molecular flexibility index (Phi) is 2.70. The van der Waals surface area contributed by atoms with Gasteiger partial charge in [-0.15, -0.1) is 0 Å². The highest BCUT2D eigenvalue weighted by Gasteiger charge is 2.53. The number of nitrogens with zero attached hydrogens (tertiary/aromatic N) is 1. The molecule has 4 aliphatic carbocycles. The van der Waals surface area contributed by atoms with E-state index in [4.69, 9.17) is 5.26 Å². The standard InChI is InChI=1S/C15H24N2/c1-10(9-16)17-11(2)15-6-12-3-13(7-15)5-14(4-12)8-15/h10-14,17H,3-8H2,1-2H3. The van der Waals surface area contributed by atoms with Crippen molar-refractivity contribution in [3.63, 3.8) is 0 Å². The van der Waals surface area contributed by atoms with Crippen molar-refractivity contribution in [2.45, 2.75) is 64.5 Å². The third-order valence-corrected chi connectivity index (χ3v) is 5.70. The molecule has 4 rings (SSSR count). The molecule has 0 aromatic carbocycles. The van der Waals surface area contributed by atoms with Crippen molar-refractivity contribution in [1.82, 2.24) is 5.32 Å². The van der Waals surface area contributed by atoms with E-state index in [1.807, 2.05) is 6.92 Å². The molecule has 2 nitrogen and oxygen atoms in total. The summed E-state index contributed by atoms with van der Waals surface area (Å²) in [4.78, 5) is 0. The first-order valence-electron chi connectivity index (χ1n) is 7.27. The van der Waals surface area contributed by atoms with Gasteiger partial charge >= 0.3 is 0 Å². The number of nitriles is 1. The van der Waals surface area contributed by atoms with Gasteiger partial charge in [0.2, 0.25) is 0 Å². The van der Waals surface area contributed by atoms with Gasteiger partial charge in [-0.25, -0.2) is 0 Å². The van der Waals surface area contributed by atoms with E-state index >= 15 is 0 Å². The molecule has 0 radical (unpaired) electrons. The van der Waals surface area contributed by atoms with E-state index in [1.54, 1.807) is 0 Å². The van der Waals surface area contributed by atoms with Crippen molar-refractivity contribution in [3.8, 4) is 6.07 Å². The maximum absolute atomic E-state index is 8.95. The Hall–Kier alpha value is -0.550. The first-order chi connectivity index (χ1) is 8.11. The minimum Gasteiger partial charge on any atom is -0.299 e. The fraction of sp³-hybridized carbons (Fsp3) is 0.933. The largest absolute Gasteiger partial charge is 0.299 e. The van der Waals surface area contributed by atoms with Crippen molar-refractivity contribution in [2.24, 2.45) is 23.2 Å². The molecular weight excluding hydrogens is 208 g/mol. The first kappa shape index (κ1) is 11.5. The predicted molar refractivity (Wildman–Crippen MR) is 68.3 cm³/mol. The zero-order chi connectivity index (χ0) is 12.0. The molecule has 4 bridgehead atoms. The van der Waals surface area contributed by atoms with Crippen molar-refractivity contribution in [1.29, 1.82) is 5.26 Å². The summed E-state index contributed by atoms with van der Waals surface area (Å²) in [5, 5.41) is 12.5. The van der Waals surface area contributed by atoms with Crippen molar-refractivity contribution in [2.75, 3.05) is 0 Å². The van der Waals surface area contributed by atoms with Gasteiger partial charge in [0.25, 0.3) is 0 Å². The van der Waals surface area contributed by atoms with Crippen molar-refractivity contribution < 1.29 is 0 Å². The highest BCUT2D eigenvalue weighted by atomic mass is 15.0. The second-order valence-electron chi connectivity index (χ2n) is 7.02. The summed E-state index contributed by atoms with van der Waals surface area (Å²) < 4.78 is 0. The van der Waals surface area contributed by atoms with Crippen LogP contribution in [0.25, 0.3) is 0 Å². The molecule has 2 unspecified atom stereocenters. The quantitative estimate of drug-likeness (QED) is 0.811. The van der Waals surface area contributed by atoms with Crippen LogP contribution < -0.4 is 5.32 Å². The lowest BCUT2D eigenvalue weighted by molar-refractivity contribution is -0.0710. The molecule has 0 amide bonds. The van der Waals surface area contributed by atoms with Crippen LogP contribution in [0.5, 0.6) is 0 Å². The van der Waals surface area contributed by atoms with Crippen LogP contribution in [0.2, 0.25) is 0 Å². The topological polar surface area (TPSA) is 35.8 Å². The number of nitrogens with one attached hydrogen (secondary N) is 1. The highest BCUT2D eigenvalue weighted by molar-refractivity contribution is 5.06. The van der Waals surface area contributed by atoms with E-state index in [1.165, 1.54) is 38.5 Å². The molecule has 2 heteroatoms. The van der Waals surface area contributed by atoms with E-state index in [0.29, 0.717) is 11.5 Å². The molecule has 4 fully saturated rings. The van der Waals surface area contributed by atoms with Gasteiger partial charge in [0.05, 0.1) is 12.1 Å². The molecule has 1 N–H and O–H groups in total. The molecule has 0 spiro atoms. The minimum absolute atomic E-state index is 0.00185. The summed E-state index contributed by atoms with van der Waals surface area (Å²) in [6.45, 7) is 4.30. The lowest BCUT2D eigenvalue weighted by atomic mass is 9.48. The summed E-state index contributed by atoms with van der Waals surface area (Å²) in [7, 11) is 0. The van der Waals surface area contributed by atoms with Gasteiger partial charge in [0.15, 0.2) is 0 Å². The zero-order valence-electron chi connectivity index (χ0n) is 11.1. The monoisotopic (exact) mass is 232 g/mol. The van der Waals surface area contributed by atoms with Crippen LogP contribution in [-0.2, 0) is 0 Å². The van der Waals surface area contributed by atoms with Gasteiger partial charge in [0, 0.05) is 6.04 Å². The van der Waals surface area contributed by atoms with Gasteiger partial charge in [0.1, 0.15) is 0 Å². The molecule has 94 valence electrons. The molecule has 0 heterocycles. The summed E-state index contributed by atoms with van der Waals surface area (Å²) in [6, 6.07) is 2.83. The van der Waals surface area contributed by atoms with Gasteiger partial charge in [-0.1, -0.05) is 0 Å². The van der Waals surface area contributed by atoms with E-state index < -0.39 is 0 Å². The highest BCUT2D eigenvalue weighted by Crippen LogP contribution is 2.61. The summed E-state index contributed by atoms with van der Waals surface area (Å²) in [5.74, 6) is 3.01.